The highest BCUT2D eigenvalue weighted by Gasteiger charge is 2.48. The first-order chi connectivity index (χ1) is 12.4. The maximum absolute atomic E-state index is 12.9. The van der Waals surface area contributed by atoms with E-state index in [-0.39, 0.29) is 22.8 Å². The standard InChI is InChI=1S/C19H20ClN3O3/c1-22-7-2-5-19(18(22)26)6-8-23(11-19)17(25)14-10-21-15-9-12(20)3-4-13(15)16(14)24/h3-4,9-10H,2,5-8,11H2,1H3,(H,21,24). The van der Waals surface area contributed by atoms with Gasteiger partial charge in [0.1, 0.15) is 5.56 Å². The number of benzene rings is 1. The van der Waals surface area contributed by atoms with Gasteiger partial charge in [-0.1, -0.05) is 11.6 Å². The molecule has 1 unspecified atom stereocenters. The summed E-state index contributed by atoms with van der Waals surface area (Å²) in [4.78, 5) is 44.7. The second kappa shape index (κ2) is 6.13. The molecule has 0 aliphatic carbocycles. The number of hydrogen-bond acceptors (Lipinski definition) is 3. The molecular weight excluding hydrogens is 354 g/mol. The highest BCUT2D eigenvalue weighted by Crippen LogP contribution is 2.40. The van der Waals surface area contributed by atoms with Crippen molar-refractivity contribution in [2.24, 2.45) is 5.41 Å². The summed E-state index contributed by atoms with van der Waals surface area (Å²) in [5.74, 6) is -0.206. The number of halogens is 1. The summed E-state index contributed by atoms with van der Waals surface area (Å²) < 4.78 is 0. The number of amides is 2. The Morgan fingerprint density at radius 3 is 2.85 bits per heavy atom. The van der Waals surface area contributed by atoms with Crippen LogP contribution in [0.3, 0.4) is 0 Å². The monoisotopic (exact) mass is 373 g/mol. The molecule has 1 N–H and O–H groups in total. The lowest BCUT2D eigenvalue weighted by atomic mass is 9.78. The molecule has 1 spiro atoms. The van der Waals surface area contributed by atoms with E-state index in [0.717, 1.165) is 19.4 Å². The number of H-pyrrole nitrogens is 1. The SMILES string of the molecule is CN1CCCC2(CCN(C(=O)c3c[nH]c4cc(Cl)ccc4c3=O)C2)C1=O. The Kier molecular flexibility index (Phi) is 4.03. The van der Waals surface area contributed by atoms with E-state index in [1.54, 1.807) is 28.0 Å². The zero-order valence-corrected chi connectivity index (χ0v) is 15.3. The number of likely N-dealkylation sites (tertiary alicyclic amines) is 2. The van der Waals surface area contributed by atoms with Crippen molar-refractivity contribution >= 4 is 34.3 Å². The fourth-order valence-electron chi connectivity index (χ4n) is 4.22. The molecule has 3 heterocycles. The van der Waals surface area contributed by atoms with Gasteiger partial charge < -0.3 is 14.8 Å². The number of rotatable bonds is 1. The predicted octanol–water partition coefficient (Wildman–Crippen LogP) is 2.27. The summed E-state index contributed by atoms with van der Waals surface area (Å²) in [5, 5.41) is 0.955. The average molecular weight is 374 g/mol. The van der Waals surface area contributed by atoms with Crippen molar-refractivity contribution in [2.75, 3.05) is 26.7 Å². The number of carbonyl (C=O) groups excluding carboxylic acids is 2. The summed E-state index contributed by atoms with van der Waals surface area (Å²) in [5.41, 5.74) is -0.0947. The average Bonchev–Trinajstić information content (AvgIpc) is 3.04. The first-order valence-corrected chi connectivity index (χ1v) is 9.15. The molecule has 6 nitrogen and oxygen atoms in total. The molecule has 2 aromatic rings. The second-order valence-corrected chi connectivity index (χ2v) is 7.75. The molecule has 1 atom stereocenters. The van der Waals surface area contributed by atoms with Crippen molar-refractivity contribution in [1.82, 2.24) is 14.8 Å². The summed E-state index contributed by atoms with van der Waals surface area (Å²) in [6.07, 6.45) is 3.85. The molecule has 1 aromatic carbocycles. The van der Waals surface area contributed by atoms with Gasteiger partial charge in [0.25, 0.3) is 5.91 Å². The number of hydrogen-bond donors (Lipinski definition) is 1. The topological polar surface area (TPSA) is 73.5 Å². The van der Waals surface area contributed by atoms with Crippen LogP contribution in [0.5, 0.6) is 0 Å². The lowest BCUT2D eigenvalue weighted by Crippen LogP contribution is -2.48. The molecule has 0 radical (unpaired) electrons. The van der Waals surface area contributed by atoms with Crippen molar-refractivity contribution < 1.29 is 9.59 Å². The maximum atomic E-state index is 12.9. The Bertz CT molecular complexity index is 970. The second-order valence-electron chi connectivity index (χ2n) is 7.31. The lowest BCUT2D eigenvalue weighted by molar-refractivity contribution is -0.143. The quantitative estimate of drug-likeness (QED) is 0.833. The third-order valence-electron chi connectivity index (χ3n) is 5.66. The summed E-state index contributed by atoms with van der Waals surface area (Å²) >= 11 is 5.95. The first-order valence-electron chi connectivity index (χ1n) is 8.77. The van der Waals surface area contributed by atoms with Crippen LogP contribution in [0.15, 0.2) is 29.2 Å². The van der Waals surface area contributed by atoms with E-state index >= 15 is 0 Å². The third-order valence-corrected chi connectivity index (χ3v) is 5.90. The van der Waals surface area contributed by atoms with Crippen LogP contribution in [0.1, 0.15) is 29.6 Å². The molecule has 2 aliphatic heterocycles. The fraction of sp³-hybridized carbons (Fsp3) is 0.421. The lowest BCUT2D eigenvalue weighted by Gasteiger charge is -2.37. The van der Waals surface area contributed by atoms with Gasteiger partial charge in [0, 0.05) is 43.3 Å². The maximum Gasteiger partial charge on any atom is 0.259 e. The molecule has 136 valence electrons. The van der Waals surface area contributed by atoms with Crippen LogP contribution in [0.4, 0.5) is 0 Å². The number of pyridine rings is 1. The van der Waals surface area contributed by atoms with Gasteiger partial charge in [-0.05, 0) is 37.5 Å². The van der Waals surface area contributed by atoms with Gasteiger partial charge in [-0.15, -0.1) is 0 Å². The molecule has 1 aromatic heterocycles. The predicted molar refractivity (Wildman–Crippen MR) is 99.4 cm³/mol. The van der Waals surface area contributed by atoms with Gasteiger partial charge in [-0.25, -0.2) is 0 Å². The molecule has 0 bridgehead atoms. The molecule has 4 rings (SSSR count). The van der Waals surface area contributed by atoms with Gasteiger partial charge in [0.2, 0.25) is 11.3 Å². The van der Waals surface area contributed by atoms with E-state index in [1.807, 2.05) is 7.05 Å². The van der Waals surface area contributed by atoms with Crippen LogP contribution in [-0.4, -0.2) is 53.3 Å². The van der Waals surface area contributed by atoms with Crippen molar-refractivity contribution in [1.29, 1.82) is 0 Å². The van der Waals surface area contributed by atoms with Crippen LogP contribution < -0.4 is 5.43 Å². The number of nitrogens with one attached hydrogen (secondary N) is 1. The minimum absolute atomic E-state index is 0.105. The number of aromatic amines is 1. The highest BCUT2D eigenvalue weighted by atomic mass is 35.5. The normalized spacial score (nSPS) is 23.2. The summed E-state index contributed by atoms with van der Waals surface area (Å²) in [7, 11) is 1.81. The van der Waals surface area contributed by atoms with Crippen LogP contribution >= 0.6 is 11.6 Å². The molecule has 2 saturated heterocycles. The van der Waals surface area contributed by atoms with Crippen molar-refractivity contribution in [3.63, 3.8) is 0 Å². The number of aromatic nitrogens is 1. The van der Waals surface area contributed by atoms with Crippen molar-refractivity contribution in [3.8, 4) is 0 Å². The van der Waals surface area contributed by atoms with E-state index in [9.17, 15) is 14.4 Å². The van der Waals surface area contributed by atoms with Gasteiger partial charge in [0.15, 0.2) is 0 Å². The molecular formula is C19H20ClN3O3. The van der Waals surface area contributed by atoms with Crippen molar-refractivity contribution in [3.05, 3.63) is 45.2 Å². The van der Waals surface area contributed by atoms with E-state index in [0.29, 0.717) is 35.4 Å². The Balaban J connectivity index is 1.64. The van der Waals surface area contributed by atoms with Gasteiger partial charge in [-0.3, -0.25) is 14.4 Å². The highest BCUT2D eigenvalue weighted by molar-refractivity contribution is 6.31. The van der Waals surface area contributed by atoms with Gasteiger partial charge in [-0.2, -0.15) is 0 Å². The zero-order chi connectivity index (χ0) is 18.5. The number of nitrogens with zero attached hydrogens (tertiary/aromatic N) is 2. The Hall–Kier alpha value is -2.34. The molecule has 0 saturated carbocycles. The molecule has 2 fully saturated rings. The minimum atomic E-state index is -0.486. The first kappa shape index (κ1) is 17.1. The summed E-state index contributed by atoms with van der Waals surface area (Å²) in [6, 6.07) is 4.92. The molecule has 2 amide bonds. The number of fused-ring (bicyclic) bond motifs is 1. The number of carbonyl (C=O) groups is 2. The molecule has 26 heavy (non-hydrogen) atoms. The van der Waals surface area contributed by atoms with Crippen molar-refractivity contribution in [2.45, 2.75) is 19.3 Å². The molecule has 7 heteroatoms. The van der Waals surface area contributed by atoms with Crippen LogP contribution in [-0.2, 0) is 4.79 Å². The van der Waals surface area contributed by atoms with E-state index in [4.69, 9.17) is 11.6 Å². The third kappa shape index (κ3) is 2.60. The van der Waals surface area contributed by atoms with E-state index < -0.39 is 5.41 Å². The van der Waals surface area contributed by atoms with Gasteiger partial charge >= 0.3 is 0 Å². The smallest absolute Gasteiger partial charge is 0.259 e. The molecule has 2 aliphatic rings. The van der Waals surface area contributed by atoms with Crippen LogP contribution in [0.25, 0.3) is 10.9 Å². The van der Waals surface area contributed by atoms with Crippen LogP contribution in [0.2, 0.25) is 5.02 Å². The van der Waals surface area contributed by atoms with Gasteiger partial charge in [0.05, 0.1) is 10.9 Å². The fourth-order valence-corrected chi connectivity index (χ4v) is 4.39. The Morgan fingerprint density at radius 1 is 1.23 bits per heavy atom. The minimum Gasteiger partial charge on any atom is -0.360 e. The van der Waals surface area contributed by atoms with E-state index in [2.05, 4.69) is 4.98 Å². The van der Waals surface area contributed by atoms with E-state index in [1.165, 1.54) is 6.20 Å². The zero-order valence-electron chi connectivity index (χ0n) is 14.5. The van der Waals surface area contributed by atoms with Crippen LogP contribution in [0, 0.1) is 5.41 Å². The largest absolute Gasteiger partial charge is 0.360 e. The Labute approximate surface area is 155 Å². The number of piperidine rings is 1. The Morgan fingerprint density at radius 2 is 2.04 bits per heavy atom. The summed E-state index contributed by atoms with van der Waals surface area (Å²) in [6.45, 7) is 1.64.